The van der Waals surface area contributed by atoms with Gasteiger partial charge in [-0.15, -0.1) is 0 Å². The fourth-order valence-corrected chi connectivity index (χ4v) is 2.77. The molecule has 0 aliphatic heterocycles. The summed E-state index contributed by atoms with van der Waals surface area (Å²) in [5.41, 5.74) is 1.23. The summed E-state index contributed by atoms with van der Waals surface area (Å²) in [6, 6.07) is 16.8. The van der Waals surface area contributed by atoms with Gasteiger partial charge in [-0.2, -0.15) is 0 Å². The zero-order valence-electron chi connectivity index (χ0n) is 14.1. The number of benzene rings is 2. The highest BCUT2D eigenvalue weighted by Gasteiger charge is 2.19. The Morgan fingerprint density at radius 3 is 2.69 bits per heavy atom. The van der Waals surface area contributed by atoms with Crippen LogP contribution in [-0.4, -0.2) is 23.0 Å². The van der Waals surface area contributed by atoms with Crippen molar-refractivity contribution in [1.29, 1.82) is 0 Å². The fourth-order valence-electron chi connectivity index (χ4n) is 2.61. The average molecular weight is 369 g/mol. The number of hydrogen-bond acceptors (Lipinski definition) is 4. The quantitative estimate of drug-likeness (QED) is 0.546. The Labute approximate surface area is 156 Å². The Balaban J connectivity index is 1.64. The molecule has 0 saturated heterocycles. The van der Waals surface area contributed by atoms with Gasteiger partial charge in [0.15, 0.2) is 11.3 Å². The zero-order valence-corrected chi connectivity index (χ0v) is 14.9. The first-order valence-corrected chi connectivity index (χ1v) is 8.50. The molecule has 26 heavy (non-hydrogen) atoms. The van der Waals surface area contributed by atoms with E-state index in [9.17, 15) is 9.59 Å². The molecule has 3 rings (SSSR count). The highest BCUT2D eigenvalue weighted by molar-refractivity contribution is 6.32. The summed E-state index contributed by atoms with van der Waals surface area (Å²) in [6.07, 6.45) is 0.659. The van der Waals surface area contributed by atoms with Crippen molar-refractivity contribution >= 4 is 39.9 Å². The van der Waals surface area contributed by atoms with E-state index in [1.807, 2.05) is 42.5 Å². The molecule has 0 fully saturated rings. The molecule has 0 spiro atoms. The number of anilines is 1. The number of carbonyl (C=O) groups is 2. The molecule has 1 aromatic heterocycles. The van der Waals surface area contributed by atoms with Crippen LogP contribution in [-0.2, 0) is 20.7 Å². The van der Waals surface area contributed by atoms with Crippen LogP contribution in [0, 0.1) is 0 Å². The van der Waals surface area contributed by atoms with Crippen molar-refractivity contribution in [3.8, 4) is 0 Å². The van der Waals surface area contributed by atoms with Crippen molar-refractivity contribution in [2.24, 2.45) is 0 Å². The van der Waals surface area contributed by atoms with Gasteiger partial charge in [0.1, 0.15) is 0 Å². The van der Waals surface area contributed by atoms with Crippen molar-refractivity contribution in [1.82, 2.24) is 4.98 Å². The summed E-state index contributed by atoms with van der Waals surface area (Å²) in [5, 5.41) is 4.82. The number of esters is 1. The van der Waals surface area contributed by atoms with Gasteiger partial charge in [-0.25, -0.2) is 4.98 Å². The number of nitrogens with zero attached hydrogens (tertiary/aromatic N) is 1. The summed E-state index contributed by atoms with van der Waals surface area (Å²) in [4.78, 5) is 28.3. The maximum absolute atomic E-state index is 12.2. The van der Waals surface area contributed by atoms with E-state index in [0.717, 1.165) is 16.3 Å². The molecule has 2 aromatic carbocycles. The Hall–Kier alpha value is -2.92. The third-order valence-electron chi connectivity index (χ3n) is 3.91. The molecule has 1 N–H and O–H groups in total. The summed E-state index contributed by atoms with van der Waals surface area (Å²) in [7, 11) is 0. The van der Waals surface area contributed by atoms with Gasteiger partial charge >= 0.3 is 5.97 Å². The second-order valence-electron chi connectivity index (χ2n) is 5.78. The highest BCUT2D eigenvalue weighted by atomic mass is 35.5. The number of halogens is 1. The lowest BCUT2D eigenvalue weighted by atomic mass is 10.0. The third-order valence-corrected chi connectivity index (χ3v) is 4.21. The summed E-state index contributed by atoms with van der Waals surface area (Å²) >= 11 is 5.91. The Morgan fingerprint density at radius 2 is 1.88 bits per heavy atom. The topological polar surface area (TPSA) is 68.3 Å². The monoisotopic (exact) mass is 368 g/mol. The maximum Gasteiger partial charge on any atom is 0.311 e. The molecule has 0 saturated carbocycles. The number of ether oxygens (including phenoxy) is 1. The number of nitrogens with one attached hydrogen (secondary N) is 1. The van der Waals surface area contributed by atoms with Crippen LogP contribution in [0.3, 0.4) is 0 Å². The minimum Gasteiger partial charge on any atom is -0.452 e. The molecule has 5 nitrogen and oxygen atoms in total. The van der Waals surface area contributed by atoms with Crippen molar-refractivity contribution < 1.29 is 14.3 Å². The molecule has 0 aliphatic rings. The molecule has 0 radical (unpaired) electrons. The van der Waals surface area contributed by atoms with Crippen LogP contribution in [0.15, 0.2) is 60.8 Å². The maximum atomic E-state index is 12.2. The predicted octanol–water partition coefficient (Wildman–Crippen LogP) is 4.00. The molecule has 0 bridgehead atoms. The normalized spacial score (nSPS) is 11.8. The molecule has 0 aliphatic carbocycles. The lowest BCUT2D eigenvalue weighted by molar-refractivity contribution is -0.152. The fraction of sp³-hybridized carbons (Fsp3) is 0.150. The van der Waals surface area contributed by atoms with Crippen molar-refractivity contribution in [2.75, 3.05) is 5.32 Å². The van der Waals surface area contributed by atoms with E-state index >= 15 is 0 Å². The molecule has 132 valence electrons. The first-order valence-electron chi connectivity index (χ1n) is 8.12. The summed E-state index contributed by atoms with van der Waals surface area (Å²) in [6.45, 7) is 1.51. The van der Waals surface area contributed by atoms with Crippen molar-refractivity contribution in [3.05, 3.63) is 71.5 Å². The molecular formula is C20H17ClN2O3. The van der Waals surface area contributed by atoms with Gasteiger partial charge in [0.25, 0.3) is 5.91 Å². The number of amides is 1. The second-order valence-corrected chi connectivity index (χ2v) is 6.14. The van der Waals surface area contributed by atoms with Crippen molar-refractivity contribution in [2.45, 2.75) is 19.4 Å². The standard InChI is InChI=1S/C20H17ClN2O3/c1-13(20(25)23-17-10-5-11-22-19(17)21)26-18(24)12-15-8-4-7-14-6-2-3-9-16(14)15/h2-11,13H,12H2,1H3,(H,23,25). The molecule has 1 unspecified atom stereocenters. The molecule has 6 heteroatoms. The number of hydrogen-bond donors (Lipinski definition) is 1. The lowest BCUT2D eigenvalue weighted by Gasteiger charge is -2.14. The predicted molar refractivity (Wildman–Crippen MR) is 101 cm³/mol. The van der Waals surface area contributed by atoms with E-state index in [0.29, 0.717) is 5.69 Å². The Bertz CT molecular complexity index is 953. The molecule has 3 aromatic rings. The van der Waals surface area contributed by atoms with E-state index in [4.69, 9.17) is 16.3 Å². The van der Waals surface area contributed by atoms with Crippen LogP contribution < -0.4 is 5.32 Å². The molecular weight excluding hydrogens is 352 g/mol. The molecule has 1 amide bonds. The van der Waals surface area contributed by atoms with E-state index in [1.165, 1.54) is 13.1 Å². The van der Waals surface area contributed by atoms with Crippen LogP contribution in [0.25, 0.3) is 10.8 Å². The van der Waals surface area contributed by atoms with Gasteiger partial charge in [0.05, 0.1) is 12.1 Å². The van der Waals surface area contributed by atoms with Crippen LogP contribution in [0.5, 0.6) is 0 Å². The Morgan fingerprint density at radius 1 is 1.12 bits per heavy atom. The zero-order chi connectivity index (χ0) is 18.5. The minimum atomic E-state index is -0.950. The largest absolute Gasteiger partial charge is 0.452 e. The van der Waals surface area contributed by atoms with Crippen LogP contribution in [0.1, 0.15) is 12.5 Å². The average Bonchev–Trinajstić information content (AvgIpc) is 2.64. The van der Waals surface area contributed by atoms with E-state index in [2.05, 4.69) is 10.3 Å². The van der Waals surface area contributed by atoms with E-state index in [-0.39, 0.29) is 11.6 Å². The van der Waals surface area contributed by atoms with Gasteiger partial charge in [-0.3, -0.25) is 9.59 Å². The minimum absolute atomic E-state index is 0.0899. The van der Waals surface area contributed by atoms with Crippen LogP contribution in [0.2, 0.25) is 5.15 Å². The van der Waals surface area contributed by atoms with Gasteiger partial charge in [0.2, 0.25) is 0 Å². The second kappa shape index (κ2) is 7.97. The van der Waals surface area contributed by atoms with Gasteiger partial charge in [0, 0.05) is 6.20 Å². The highest BCUT2D eigenvalue weighted by Crippen LogP contribution is 2.20. The van der Waals surface area contributed by atoms with Gasteiger partial charge < -0.3 is 10.1 Å². The lowest BCUT2D eigenvalue weighted by Crippen LogP contribution is -2.30. The van der Waals surface area contributed by atoms with Crippen LogP contribution >= 0.6 is 11.6 Å². The number of fused-ring (bicyclic) bond motifs is 1. The van der Waals surface area contributed by atoms with Crippen molar-refractivity contribution in [3.63, 3.8) is 0 Å². The third kappa shape index (κ3) is 4.18. The number of aromatic nitrogens is 1. The smallest absolute Gasteiger partial charge is 0.311 e. The summed E-state index contributed by atoms with van der Waals surface area (Å²) in [5.74, 6) is -0.938. The van der Waals surface area contributed by atoms with E-state index < -0.39 is 18.0 Å². The molecule has 1 heterocycles. The Kier molecular flexibility index (Phi) is 5.49. The van der Waals surface area contributed by atoms with Crippen LogP contribution in [0.4, 0.5) is 5.69 Å². The van der Waals surface area contributed by atoms with Gasteiger partial charge in [-0.05, 0) is 35.4 Å². The van der Waals surface area contributed by atoms with E-state index in [1.54, 1.807) is 12.1 Å². The molecule has 1 atom stereocenters. The SMILES string of the molecule is CC(OC(=O)Cc1cccc2ccccc12)C(=O)Nc1cccnc1Cl. The first kappa shape index (κ1) is 17.9. The first-order chi connectivity index (χ1) is 12.5. The number of carbonyl (C=O) groups excluding carboxylic acids is 2. The number of rotatable bonds is 5. The van der Waals surface area contributed by atoms with Gasteiger partial charge in [-0.1, -0.05) is 54.1 Å². The summed E-state index contributed by atoms with van der Waals surface area (Å²) < 4.78 is 5.26. The number of pyridine rings is 1.